The molecule has 0 saturated carbocycles. The number of hydrogen-bond acceptors (Lipinski definition) is 5. The Morgan fingerprint density at radius 1 is 0.446 bits per heavy atom. The van der Waals surface area contributed by atoms with Gasteiger partial charge in [0.25, 0.3) is 0 Å². The molecule has 0 amide bonds. The van der Waals surface area contributed by atoms with E-state index in [-0.39, 0.29) is 0 Å². The summed E-state index contributed by atoms with van der Waals surface area (Å²) in [6.07, 6.45) is 3.94. The van der Waals surface area contributed by atoms with Gasteiger partial charge >= 0.3 is 0 Å². The molecule has 6 nitrogen and oxygen atoms in total. The number of hydrogen-bond donors (Lipinski definition) is 0. The molecule has 258 valence electrons. The minimum Gasteiger partial charge on any atom is -0.308 e. The lowest BCUT2D eigenvalue weighted by Gasteiger charge is -2.39. The molecule has 10 aromatic rings. The van der Waals surface area contributed by atoms with E-state index in [1.807, 2.05) is 60.6 Å². The van der Waals surface area contributed by atoms with Crippen molar-refractivity contribution in [2.75, 3.05) is 0 Å². The van der Waals surface area contributed by atoms with Gasteiger partial charge in [-0.25, -0.2) is 0 Å². The molecule has 0 bridgehead atoms. The molecule has 7 heteroatoms. The van der Waals surface area contributed by atoms with Crippen LogP contribution in [0.2, 0.25) is 0 Å². The molecule has 0 fully saturated rings. The molecule has 0 radical (unpaired) electrons. The van der Waals surface area contributed by atoms with E-state index in [9.17, 15) is 10.5 Å². The van der Waals surface area contributed by atoms with Crippen molar-refractivity contribution in [1.29, 1.82) is 10.5 Å². The summed E-state index contributed by atoms with van der Waals surface area (Å²) in [5, 5.41) is 23.9. The molecule has 0 unspecified atom stereocenters. The fraction of sp³-hybridized carbons (Fsp3) is 0.0204. The van der Waals surface area contributed by atoms with Gasteiger partial charge in [0.1, 0.15) is 0 Å². The van der Waals surface area contributed by atoms with E-state index in [1.54, 1.807) is 0 Å². The lowest BCUT2D eigenvalue weighted by molar-refractivity contribution is 0.718. The summed E-state index contributed by atoms with van der Waals surface area (Å²) in [5.74, 6) is 0. The highest BCUT2D eigenvalue weighted by Gasteiger charge is 2.52. The Bertz CT molecular complexity index is 3280. The van der Waals surface area contributed by atoms with Crippen LogP contribution in [0.15, 0.2) is 168 Å². The quantitative estimate of drug-likeness (QED) is 0.177. The van der Waals surface area contributed by atoms with Gasteiger partial charge in [0.2, 0.25) is 0 Å². The predicted molar refractivity (Wildman–Crippen MR) is 222 cm³/mol. The van der Waals surface area contributed by atoms with E-state index < -0.39 is 5.41 Å². The molecule has 1 spiro atoms. The summed E-state index contributed by atoms with van der Waals surface area (Å²) in [5.41, 5.74) is 12.7. The van der Waals surface area contributed by atoms with E-state index in [2.05, 4.69) is 130 Å². The van der Waals surface area contributed by atoms with Crippen LogP contribution in [-0.4, -0.2) is 19.1 Å². The second kappa shape index (κ2) is 11.3. The average molecular weight is 731 g/mol. The molecule has 56 heavy (non-hydrogen) atoms. The Hall–Kier alpha value is -7.45. The van der Waals surface area contributed by atoms with Crippen molar-refractivity contribution in [2.24, 2.45) is 0 Å². The van der Waals surface area contributed by atoms with Crippen LogP contribution in [0.4, 0.5) is 0 Å². The number of fused-ring (bicyclic) bond motifs is 15. The third-order valence-electron chi connectivity index (χ3n) is 11.7. The zero-order valence-electron chi connectivity index (χ0n) is 29.6. The molecule has 0 N–H and O–H groups in total. The zero-order chi connectivity index (χ0) is 37.1. The molecule has 12 rings (SSSR count). The molecule has 2 aliphatic rings. The Labute approximate surface area is 325 Å². The first-order chi connectivity index (χ1) is 27.7. The highest BCUT2D eigenvalue weighted by molar-refractivity contribution is 7.99. The van der Waals surface area contributed by atoms with Gasteiger partial charge < -0.3 is 9.13 Å². The van der Waals surface area contributed by atoms with Crippen LogP contribution in [0, 0.1) is 22.7 Å². The molecule has 0 saturated heterocycles. The third-order valence-corrected chi connectivity index (χ3v) is 12.9. The molecular weight excluding hydrogens is 705 g/mol. The minimum absolute atomic E-state index is 0.568. The standard InChI is InChI=1S/C49H26N6S/c50-25-29-17-19-43-35(21-29)36-22-30(26-51)18-20-44(36)55(43)32-24-40-48(53-28-32)47-39(49(40)37-11-3-7-15-45(37)56-46-16-8-4-12-38(46)49)23-31(27-52-47)54-41-13-5-1-9-33(41)34-10-2-6-14-42(34)54/h1-24,27-28H. The first-order valence-corrected chi connectivity index (χ1v) is 19.2. The highest BCUT2D eigenvalue weighted by atomic mass is 32.2. The first kappa shape index (κ1) is 31.0. The zero-order valence-corrected chi connectivity index (χ0v) is 30.4. The van der Waals surface area contributed by atoms with Crippen molar-refractivity contribution in [2.45, 2.75) is 15.2 Å². The summed E-state index contributed by atoms with van der Waals surface area (Å²) in [6.45, 7) is 0. The number of pyridine rings is 2. The third kappa shape index (κ3) is 3.94. The maximum Gasteiger partial charge on any atom is 0.0991 e. The predicted octanol–water partition coefficient (Wildman–Crippen LogP) is 11.2. The van der Waals surface area contributed by atoms with Gasteiger partial charge in [0.05, 0.1) is 85.9 Å². The fourth-order valence-electron chi connectivity index (χ4n) is 9.46. The SMILES string of the molecule is N#Cc1ccc2c(c1)c1cc(C#N)ccc1n2-c1cnc2c(c1)C1(c3ccccc3Sc3ccccc31)c1cc(-n3c4ccccc4c4ccccc43)cnc1-2. The Morgan fingerprint density at radius 2 is 0.875 bits per heavy atom. The lowest BCUT2D eigenvalue weighted by atomic mass is 9.67. The monoisotopic (exact) mass is 730 g/mol. The second-order valence-corrected chi connectivity index (χ2v) is 15.5. The molecule has 1 aliphatic heterocycles. The summed E-state index contributed by atoms with van der Waals surface area (Å²) < 4.78 is 4.55. The van der Waals surface area contributed by atoms with Gasteiger partial charge in [-0.15, -0.1) is 0 Å². The summed E-state index contributed by atoms with van der Waals surface area (Å²) in [7, 11) is 0. The van der Waals surface area contributed by atoms with Gasteiger partial charge in [-0.1, -0.05) is 84.6 Å². The van der Waals surface area contributed by atoms with Gasteiger partial charge in [0.15, 0.2) is 0 Å². The van der Waals surface area contributed by atoms with E-state index in [0.29, 0.717) is 11.1 Å². The van der Waals surface area contributed by atoms with Crippen molar-refractivity contribution in [3.05, 3.63) is 191 Å². The van der Waals surface area contributed by atoms with Crippen molar-refractivity contribution >= 4 is 55.4 Å². The van der Waals surface area contributed by atoms with Crippen molar-refractivity contribution in [3.8, 4) is 34.9 Å². The van der Waals surface area contributed by atoms with Crippen LogP contribution in [0.5, 0.6) is 0 Å². The largest absolute Gasteiger partial charge is 0.308 e. The molecular formula is C49H26N6S. The van der Waals surface area contributed by atoms with Gasteiger partial charge in [-0.2, -0.15) is 10.5 Å². The van der Waals surface area contributed by atoms with Crippen molar-refractivity contribution in [3.63, 3.8) is 0 Å². The van der Waals surface area contributed by atoms with E-state index in [1.165, 1.54) is 31.7 Å². The van der Waals surface area contributed by atoms with Crippen LogP contribution < -0.4 is 0 Å². The maximum atomic E-state index is 9.84. The van der Waals surface area contributed by atoms with Crippen LogP contribution >= 0.6 is 11.8 Å². The van der Waals surface area contributed by atoms with E-state index in [4.69, 9.17) is 9.97 Å². The number of para-hydroxylation sites is 2. The topological polar surface area (TPSA) is 83.2 Å². The van der Waals surface area contributed by atoms with E-state index >= 15 is 0 Å². The molecule has 0 atom stereocenters. The van der Waals surface area contributed by atoms with Crippen molar-refractivity contribution in [1.82, 2.24) is 19.1 Å². The Morgan fingerprint density at radius 3 is 1.36 bits per heavy atom. The van der Waals surface area contributed by atoms with Crippen LogP contribution in [-0.2, 0) is 5.41 Å². The number of aromatic nitrogens is 4. The first-order valence-electron chi connectivity index (χ1n) is 18.4. The van der Waals surface area contributed by atoms with E-state index in [0.717, 1.165) is 66.7 Å². The molecule has 1 aliphatic carbocycles. The van der Waals surface area contributed by atoms with Gasteiger partial charge in [0, 0.05) is 42.5 Å². The maximum absolute atomic E-state index is 9.84. The Balaban J connectivity index is 1.19. The molecule has 6 aromatic carbocycles. The van der Waals surface area contributed by atoms with Crippen molar-refractivity contribution < 1.29 is 0 Å². The van der Waals surface area contributed by atoms with Gasteiger partial charge in [-0.05, 0) is 83.9 Å². The smallest absolute Gasteiger partial charge is 0.0991 e. The fourth-order valence-corrected chi connectivity index (χ4v) is 10.7. The normalized spacial score (nSPS) is 13.4. The summed E-state index contributed by atoms with van der Waals surface area (Å²) in [4.78, 5) is 13.1. The number of benzene rings is 6. The minimum atomic E-state index is -0.728. The number of nitrogens with zero attached hydrogens (tertiary/aromatic N) is 6. The van der Waals surface area contributed by atoms with Gasteiger partial charge in [-0.3, -0.25) is 9.97 Å². The second-order valence-electron chi connectivity index (χ2n) is 14.4. The molecule has 4 aromatic heterocycles. The average Bonchev–Trinajstić information content (AvgIpc) is 3.87. The number of nitriles is 2. The van der Waals surface area contributed by atoms with Crippen LogP contribution in [0.3, 0.4) is 0 Å². The summed E-state index contributed by atoms with van der Waals surface area (Å²) in [6, 6.07) is 55.5. The van der Waals surface area contributed by atoms with Crippen LogP contribution in [0.1, 0.15) is 33.4 Å². The molecule has 5 heterocycles. The van der Waals surface area contributed by atoms with Crippen LogP contribution in [0.25, 0.3) is 66.4 Å². The number of rotatable bonds is 2. The lowest BCUT2D eigenvalue weighted by Crippen LogP contribution is -2.32. The summed E-state index contributed by atoms with van der Waals surface area (Å²) >= 11 is 1.81. The Kier molecular flexibility index (Phi) is 6.24. The highest BCUT2D eigenvalue weighted by Crippen LogP contribution is 2.62.